The number of pyridine rings is 1. The molecule has 0 radical (unpaired) electrons. The highest BCUT2D eigenvalue weighted by Gasteiger charge is 2.17. The van der Waals surface area contributed by atoms with Crippen LogP contribution in [0.4, 0.5) is 0 Å². The molecule has 2 aromatic carbocycles. The Morgan fingerprint density at radius 3 is 2.29 bits per heavy atom. The van der Waals surface area contributed by atoms with Crippen LogP contribution in [0.2, 0.25) is 0 Å². The third-order valence-electron chi connectivity index (χ3n) is 4.32. The summed E-state index contributed by atoms with van der Waals surface area (Å²) >= 11 is 0. The van der Waals surface area contributed by atoms with E-state index in [1.807, 2.05) is 37.3 Å². The predicted molar refractivity (Wildman–Crippen MR) is 107 cm³/mol. The molecule has 0 aliphatic rings. The van der Waals surface area contributed by atoms with Crippen molar-refractivity contribution in [1.82, 2.24) is 4.98 Å². The summed E-state index contributed by atoms with van der Waals surface area (Å²) in [6, 6.07) is 16.4. The molecular weight excluding hydrogens is 356 g/mol. The van der Waals surface area contributed by atoms with Crippen LogP contribution in [0.25, 0.3) is 22.4 Å². The van der Waals surface area contributed by atoms with Gasteiger partial charge in [-0.15, -0.1) is 0 Å². The zero-order valence-corrected chi connectivity index (χ0v) is 15.9. The third kappa shape index (κ3) is 3.69. The Hall–Kier alpha value is -3.72. The quantitative estimate of drug-likeness (QED) is 0.703. The van der Waals surface area contributed by atoms with E-state index in [0.717, 1.165) is 11.3 Å². The van der Waals surface area contributed by atoms with Crippen molar-refractivity contribution >= 4 is 0 Å². The SMILES string of the molecule is CCOc1ccc(-c2cc(-c3cc(OC)ccc3OC)c(C#N)c(=O)[nH]2)cc1. The summed E-state index contributed by atoms with van der Waals surface area (Å²) in [5.74, 6) is 1.89. The third-order valence-corrected chi connectivity index (χ3v) is 4.32. The van der Waals surface area contributed by atoms with E-state index in [4.69, 9.17) is 14.2 Å². The van der Waals surface area contributed by atoms with Gasteiger partial charge in [0.25, 0.3) is 5.56 Å². The highest BCUT2D eigenvalue weighted by molar-refractivity contribution is 5.80. The second kappa shape index (κ2) is 8.31. The molecule has 0 aliphatic carbocycles. The molecule has 1 N–H and O–H groups in total. The molecule has 6 nitrogen and oxygen atoms in total. The molecule has 0 aliphatic heterocycles. The van der Waals surface area contributed by atoms with Crippen LogP contribution in [0.3, 0.4) is 0 Å². The van der Waals surface area contributed by atoms with E-state index < -0.39 is 5.56 Å². The summed E-state index contributed by atoms with van der Waals surface area (Å²) in [5, 5.41) is 9.55. The fourth-order valence-electron chi connectivity index (χ4n) is 2.96. The molecule has 0 spiro atoms. The maximum atomic E-state index is 12.6. The minimum Gasteiger partial charge on any atom is -0.497 e. The van der Waals surface area contributed by atoms with Crippen LogP contribution < -0.4 is 19.8 Å². The van der Waals surface area contributed by atoms with Crippen molar-refractivity contribution in [2.24, 2.45) is 0 Å². The molecule has 0 atom stereocenters. The fraction of sp³-hybridized carbons (Fsp3) is 0.182. The van der Waals surface area contributed by atoms with E-state index in [1.54, 1.807) is 31.4 Å². The van der Waals surface area contributed by atoms with Crippen molar-refractivity contribution in [2.45, 2.75) is 6.92 Å². The predicted octanol–water partition coefficient (Wildman–Crippen LogP) is 4.00. The number of methoxy groups -OCH3 is 2. The number of H-pyrrole nitrogens is 1. The number of nitriles is 1. The monoisotopic (exact) mass is 376 g/mol. The molecule has 142 valence electrons. The molecule has 0 fully saturated rings. The van der Waals surface area contributed by atoms with Crippen LogP contribution in [-0.2, 0) is 0 Å². The van der Waals surface area contributed by atoms with Gasteiger partial charge < -0.3 is 19.2 Å². The largest absolute Gasteiger partial charge is 0.497 e. The number of nitrogens with zero attached hydrogens (tertiary/aromatic N) is 1. The first-order valence-electron chi connectivity index (χ1n) is 8.74. The molecule has 0 amide bonds. The number of benzene rings is 2. The Morgan fingerprint density at radius 2 is 1.68 bits per heavy atom. The number of rotatable bonds is 6. The zero-order chi connectivity index (χ0) is 20.1. The summed E-state index contributed by atoms with van der Waals surface area (Å²) in [4.78, 5) is 15.4. The highest BCUT2D eigenvalue weighted by atomic mass is 16.5. The lowest BCUT2D eigenvalue weighted by Gasteiger charge is -2.13. The van der Waals surface area contributed by atoms with Gasteiger partial charge in [-0.25, -0.2) is 0 Å². The Balaban J connectivity index is 2.20. The molecule has 28 heavy (non-hydrogen) atoms. The minimum absolute atomic E-state index is 0.0150. The second-order valence-corrected chi connectivity index (χ2v) is 5.94. The van der Waals surface area contributed by atoms with Crippen molar-refractivity contribution in [3.8, 4) is 45.7 Å². The second-order valence-electron chi connectivity index (χ2n) is 5.94. The van der Waals surface area contributed by atoms with Crippen LogP contribution in [-0.4, -0.2) is 25.8 Å². The number of aromatic amines is 1. The van der Waals surface area contributed by atoms with Crippen molar-refractivity contribution in [2.75, 3.05) is 20.8 Å². The van der Waals surface area contributed by atoms with E-state index in [0.29, 0.717) is 34.9 Å². The highest BCUT2D eigenvalue weighted by Crippen LogP contribution is 2.36. The van der Waals surface area contributed by atoms with Gasteiger partial charge in [-0.1, -0.05) is 0 Å². The topological polar surface area (TPSA) is 84.3 Å². The fourth-order valence-corrected chi connectivity index (χ4v) is 2.96. The van der Waals surface area contributed by atoms with E-state index in [2.05, 4.69) is 4.98 Å². The van der Waals surface area contributed by atoms with Gasteiger partial charge in [-0.3, -0.25) is 4.79 Å². The Bertz CT molecular complexity index is 1080. The first-order chi connectivity index (χ1) is 13.6. The number of hydrogen-bond acceptors (Lipinski definition) is 5. The van der Waals surface area contributed by atoms with E-state index in [9.17, 15) is 10.1 Å². The maximum absolute atomic E-state index is 12.6. The van der Waals surface area contributed by atoms with Gasteiger partial charge in [-0.2, -0.15) is 5.26 Å². The van der Waals surface area contributed by atoms with Gasteiger partial charge in [0, 0.05) is 16.8 Å². The number of hydrogen-bond donors (Lipinski definition) is 1. The van der Waals surface area contributed by atoms with Crippen LogP contribution >= 0.6 is 0 Å². The van der Waals surface area contributed by atoms with Gasteiger partial charge >= 0.3 is 0 Å². The summed E-state index contributed by atoms with van der Waals surface area (Å²) in [5.41, 5.74) is 2.03. The molecule has 6 heteroatoms. The smallest absolute Gasteiger partial charge is 0.266 e. The number of ether oxygens (including phenoxy) is 3. The van der Waals surface area contributed by atoms with Gasteiger partial charge in [-0.05, 0) is 61.0 Å². The van der Waals surface area contributed by atoms with Crippen LogP contribution in [0.15, 0.2) is 53.3 Å². The van der Waals surface area contributed by atoms with Gasteiger partial charge in [0.15, 0.2) is 0 Å². The molecule has 0 saturated carbocycles. The summed E-state index contributed by atoms with van der Waals surface area (Å²) in [6.07, 6.45) is 0. The van der Waals surface area contributed by atoms with Crippen LogP contribution in [0, 0.1) is 11.3 Å². The van der Waals surface area contributed by atoms with E-state index in [1.165, 1.54) is 7.11 Å². The molecule has 0 bridgehead atoms. The van der Waals surface area contributed by atoms with Crippen molar-refractivity contribution in [1.29, 1.82) is 5.26 Å². The molecule has 3 rings (SSSR count). The van der Waals surface area contributed by atoms with Crippen molar-refractivity contribution < 1.29 is 14.2 Å². The Morgan fingerprint density at radius 1 is 0.964 bits per heavy atom. The average molecular weight is 376 g/mol. The van der Waals surface area contributed by atoms with Gasteiger partial charge in [0.05, 0.1) is 20.8 Å². The van der Waals surface area contributed by atoms with Gasteiger partial charge in [0.1, 0.15) is 28.9 Å². The molecule has 0 unspecified atom stereocenters. The first kappa shape index (κ1) is 19.1. The number of aromatic nitrogens is 1. The normalized spacial score (nSPS) is 10.2. The van der Waals surface area contributed by atoms with E-state index >= 15 is 0 Å². The summed E-state index contributed by atoms with van der Waals surface area (Å²) < 4.78 is 16.2. The average Bonchev–Trinajstić information content (AvgIpc) is 2.73. The lowest BCUT2D eigenvalue weighted by molar-refractivity contribution is 0.340. The standard InChI is InChI=1S/C22H20N2O4/c1-4-28-15-7-5-14(6-8-15)20-12-17(19(13-23)22(25)24-20)18-11-16(26-2)9-10-21(18)27-3/h5-12H,4H2,1-3H3,(H,24,25). The minimum atomic E-state index is -0.464. The van der Waals surface area contributed by atoms with Crippen LogP contribution in [0.5, 0.6) is 17.2 Å². The van der Waals surface area contributed by atoms with E-state index in [-0.39, 0.29) is 5.56 Å². The summed E-state index contributed by atoms with van der Waals surface area (Å²) in [7, 11) is 3.10. The van der Waals surface area contributed by atoms with Gasteiger partial charge in [0.2, 0.25) is 0 Å². The zero-order valence-electron chi connectivity index (χ0n) is 15.9. The molecular formula is C22H20N2O4. The first-order valence-corrected chi connectivity index (χ1v) is 8.74. The maximum Gasteiger partial charge on any atom is 0.266 e. The molecule has 1 aromatic heterocycles. The molecule has 3 aromatic rings. The lowest BCUT2D eigenvalue weighted by atomic mass is 9.98. The summed E-state index contributed by atoms with van der Waals surface area (Å²) in [6.45, 7) is 2.49. The number of nitrogens with one attached hydrogen (secondary N) is 1. The molecule has 0 saturated heterocycles. The Labute approximate surface area is 162 Å². The Kier molecular flexibility index (Phi) is 5.66. The lowest BCUT2D eigenvalue weighted by Crippen LogP contribution is -2.13. The van der Waals surface area contributed by atoms with Crippen LogP contribution in [0.1, 0.15) is 12.5 Å². The van der Waals surface area contributed by atoms with Crippen molar-refractivity contribution in [3.05, 3.63) is 64.4 Å². The van der Waals surface area contributed by atoms with Crippen molar-refractivity contribution in [3.63, 3.8) is 0 Å². The molecule has 1 heterocycles.